The lowest BCUT2D eigenvalue weighted by molar-refractivity contribution is -0.221. The monoisotopic (exact) mass is 1120 g/mol. The van der Waals surface area contributed by atoms with Crippen LogP contribution in [0.3, 0.4) is 0 Å². The molecule has 0 radical (unpaired) electrons. The standard InChI is InChI=1S/C53H66F8N10O8/c1-31-26-71(32(2)25-70(31)38-29-79-30-38)42-20-17-35(24-64-42)14-11-33-9-12-34(13-10-33)23-40(65-45(73)43(66-48(75)77-7)50(3,4)52(56,57)58)41(72)28-69(27-36-15-18-37(19-16-36)39(62)21-22-63-47(54)55)68-46(74)44(67-49(76)78-8)51(5,6)53(59,60)61/h9-10,12-13,15-22,24,31-32,38,40-41,43-44,47,72H,23,25-30,62H2,1-8H3,(H,65,73)(H,66,75)(H,67,76)(H,68,74)/t31-,32-,40+,41+,43-,44-/m1/s1. The highest BCUT2D eigenvalue weighted by Gasteiger charge is 2.57. The number of piperazine rings is 1. The molecular weight excluding hydrogens is 1060 g/mol. The zero-order valence-corrected chi connectivity index (χ0v) is 44.7. The lowest BCUT2D eigenvalue weighted by Crippen LogP contribution is -2.63. The average Bonchev–Trinajstić information content (AvgIpc) is 3.39. The number of pyridine rings is 1. The molecule has 7 N–H and O–H groups in total. The van der Waals surface area contributed by atoms with E-state index in [0.29, 0.717) is 62.0 Å². The normalized spacial score (nSPS) is 18.4. The largest absolute Gasteiger partial charge is 0.453 e. The summed E-state index contributed by atoms with van der Waals surface area (Å²) in [6.45, 7) is 5.81. The zero-order chi connectivity index (χ0) is 58.6. The average molecular weight is 1120 g/mol. The molecule has 0 bridgehead atoms. The Morgan fingerprint density at radius 3 is 1.86 bits per heavy atom. The van der Waals surface area contributed by atoms with E-state index in [9.17, 15) is 59.4 Å². The zero-order valence-electron chi connectivity index (χ0n) is 44.7. The Bertz CT molecular complexity index is 2680. The number of ether oxygens (including phenoxy) is 3. The Labute approximate surface area is 452 Å². The molecule has 0 aliphatic carbocycles. The minimum atomic E-state index is -5.11. The number of allylic oxidation sites excluding steroid dienone is 1. The van der Waals surface area contributed by atoms with Gasteiger partial charge in [0.2, 0.25) is 5.91 Å². The van der Waals surface area contributed by atoms with Gasteiger partial charge in [0.05, 0.1) is 56.5 Å². The molecule has 0 unspecified atom stereocenters. The second-order valence-electron chi connectivity index (χ2n) is 20.3. The van der Waals surface area contributed by atoms with Crippen LogP contribution in [-0.2, 0) is 36.8 Å². The van der Waals surface area contributed by atoms with Gasteiger partial charge < -0.3 is 45.9 Å². The maximum atomic E-state index is 14.6. The highest BCUT2D eigenvalue weighted by Crippen LogP contribution is 2.42. The number of aliphatic hydroxyl groups excluding tert-OH is 1. The first kappa shape index (κ1) is 62.8. The molecule has 5 rings (SSSR count). The Morgan fingerprint density at radius 2 is 1.35 bits per heavy atom. The van der Waals surface area contributed by atoms with Gasteiger partial charge in [0.15, 0.2) is 0 Å². The second-order valence-corrected chi connectivity index (χ2v) is 20.3. The number of carbonyl (C=O) groups excluding carboxylic acids is 4. The van der Waals surface area contributed by atoms with Crippen LogP contribution in [0.4, 0.5) is 50.5 Å². The number of alkyl halides is 8. The van der Waals surface area contributed by atoms with Gasteiger partial charge in [-0.2, -0.15) is 35.1 Å². The number of hydrogen-bond donors (Lipinski definition) is 6. The number of aliphatic imine (C=N–C) groups is 1. The number of rotatable bonds is 20. The number of anilines is 1. The molecule has 4 amide bonds. The van der Waals surface area contributed by atoms with Crippen molar-refractivity contribution < 1.29 is 73.6 Å². The number of amides is 4. The second kappa shape index (κ2) is 26.7. The SMILES string of the molecule is COC(=O)N[C@H](C(=O)N[C@@H](Cc1ccc(C#Cc2ccc(N3C[C@@H](C)N(C4COC4)C[C@H]3C)nc2)cc1)[C@@H](O)CN(Cc1ccc(C(N)=CC=NC(F)F)cc1)NC(=O)[C@@H](NC(=O)OC)C(C)(C)C(F)(F)F)C(C)(C)C(F)(F)F. The predicted molar refractivity (Wildman–Crippen MR) is 276 cm³/mol. The Balaban J connectivity index is 1.47. The maximum absolute atomic E-state index is 14.6. The molecule has 2 fully saturated rings. The molecule has 1 aromatic heterocycles. The van der Waals surface area contributed by atoms with Crippen molar-refractivity contribution in [2.45, 2.75) is 116 Å². The molecule has 2 aliphatic rings. The van der Waals surface area contributed by atoms with E-state index in [1.807, 2.05) is 22.8 Å². The first-order chi connectivity index (χ1) is 36.9. The molecule has 0 saturated carbocycles. The van der Waals surface area contributed by atoms with Gasteiger partial charge in [-0.05, 0) is 95.0 Å². The van der Waals surface area contributed by atoms with E-state index in [4.69, 9.17) is 10.5 Å². The number of alkyl carbamates (subject to hydrolysis) is 2. The lowest BCUT2D eigenvalue weighted by Gasteiger charge is -2.49. The van der Waals surface area contributed by atoms with E-state index >= 15 is 0 Å². The van der Waals surface area contributed by atoms with Crippen molar-refractivity contribution >= 4 is 41.7 Å². The van der Waals surface area contributed by atoms with Crippen molar-refractivity contribution in [3.05, 3.63) is 101 Å². The molecule has 0 spiro atoms. The first-order valence-corrected chi connectivity index (χ1v) is 24.9. The van der Waals surface area contributed by atoms with E-state index in [1.165, 1.54) is 24.3 Å². The minimum absolute atomic E-state index is 0.00208. The van der Waals surface area contributed by atoms with Gasteiger partial charge in [0.1, 0.15) is 17.9 Å². The topological polar surface area (TPSA) is 225 Å². The molecule has 2 aliphatic heterocycles. The van der Waals surface area contributed by atoms with Crippen LogP contribution < -0.4 is 32.0 Å². The van der Waals surface area contributed by atoms with Gasteiger partial charge in [0.25, 0.3) is 5.91 Å². The van der Waals surface area contributed by atoms with E-state index in [0.717, 1.165) is 63.6 Å². The van der Waals surface area contributed by atoms with Gasteiger partial charge in [-0.15, -0.1) is 0 Å². The number of aromatic nitrogens is 1. The van der Waals surface area contributed by atoms with E-state index in [-0.39, 0.29) is 23.7 Å². The molecule has 3 heterocycles. The number of nitrogens with one attached hydrogen (secondary N) is 4. The molecule has 2 saturated heterocycles. The molecule has 432 valence electrons. The highest BCUT2D eigenvalue weighted by molar-refractivity contribution is 5.87. The van der Waals surface area contributed by atoms with Crippen molar-refractivity contribution in [2.24, 2.45) is 21.6 Å². The van der Waals surface area contributed by atoms with E-state index in [2.05, 4.69) is 65.7 Å². The third-order valence-electron chi connectivity index (χ3n) is 13.8. The third kappa shape index (κ3) is 16.7. The number of nitrogens with two attached hydrogens (primary N) is 1. The highest BCUT2D eigenvalue weighted by atomic mass is 19.4. The van der Waals surface area contributed by atoms with Crippen LogP contribution in [0.2, 0.25) is 0 Å². The van der Waals surface area contributed by atoms with Crippen molar-refractivity contribution in [1.82, 2.24) is 36.3 Å². The van der Waals surface area contributed by atoms with Crippen LogP contribution in [0.5, 0.6) is 0 Å². The molecule has 3 aromatic rings. The first-order valence-electron chi connectivity index (χ1n) is 24.9. The van der Waals surface area contributed by atoms with Crippen LogP contribution in [0.1, 0.15) is 69.4 Å². The van der Waals surface area contributed by atoms with Crippen LogP contribution >= 0.6 is 0 Å². The van der Waals surface area contributed by atoms with Gasteiger partial charge in [-0.1, -0.05) is 48.2 Å². The number of benzene rings is 2. The summed E-state index contributed by atoms with van der Waals surface area (Å²) in [5.74, 6) is 4.04. The van der Waals surface area contributed by atoms with Crippen molar-refractivity contribution in [3.63, 3.8) is 0 Å². The summed E-state index contributed by atoms with van der Waals surface area (Å²) in [7, 11) is 1.72. The number of methoxy groups -OCH3 is 2. The van der Waals surface area contributed by atoms with Crippen LogP contribution in [-0.4, -0.2) is 159 Å². The third-order valence-corrected chi connectivity index (χ3v) is 13.8. The number of aliphatic hydroxyl groups is 1. The number of nitrogens with zero attached hydrogens (tertiary/aromatic N) is 5. The van der Waals surface area contributed by atoms with Gasteiger partial charge in [0, 0.05) is 67.5 Å². The number of hydrazine groups is 1. The fourth-order valence-electron chi connectivity index (χ4n) is 8.56. The summed E-state index contributed by atoms with van der Waals surface area (Å²) < 4.78 is 127. The number of halogens is 8. The Hall–Kier alpha value is -7.08. The predicted octanol–water partition coefficient (Wildman–Crippen LogP) is 5.92. The van der Waals surface area contributed by atoms with Gasteiger partial charge in [-0.3, -0.25) is 19.9 Å². The smallest absolute Gasteiger partial charge is 0.407 e. The summed E-state index contributed by atoms with van der Waals surface area (Å²) in [4.78, 5) is 65.2. The summed E-state index contributed by atoms with van der Waals surface area (Å²) in [6.07, 6.45) is -11.7. The maximum Gasteiger partial charge on any atom is 0.407 e. The van der Waals surface area contributed by atoms with E-state index < -0.39 is 91.1 Å². The molecular formula is C53H66F8N10O8. The molecule has 2 aromatic carbocycles. The fourth-order valence-corrected chi connectivity index (χ4v) is 8.56. The summed E-state index contributed by atoms with van der Waals surface area (Å²) in [5.41, 5.74) is 4.49. The van der Waals surface area contributed by atoms with Crippen molar-refractivity contribution in [2.75, 3.05) is 52.0 Å². The molecule has 26 heteroatoms. The van der Waals surface area contributed by atoms with Crippen molar-refractivity contribution in [3.8, 4) is 11.8 Å². The van der Waals surface area contributed by atoms with Crippen LogP contribution in [0.15, 0.2) is 77.9 Å². The Morgan fingerprint density at radius 1 is 0.810 bits per heavy atom. The number of carbonyl (C=O) groups is 4. The summed E-state index contributed by atoms with van der Waals surface area (Å²) >= 11 is 0. The molecule has 79 heavy (non-hydrogen) atoms. The summed E-state index contributed by atoms with van der Waals surface area (Å²) in [6, 6.07) is 10.4. The van der Waals surface area contributed by atoms with Crippen molar-refractivity contribution in [1.29, 1.82) is 0 Å². The summed E-state index contributed by atoms with van der Waals surface area (Å²) in [5, 5.41) is 19.3. The van der Waals surface area contributed by atoms with Gasteiger partial charge in [-0.25, -0.2) is 24.6 Å². The molecule has 6 atom stereocenters. The fraction of sp³-hybridized carbons (Fsp3) is 0.509. The van der Waals surface area contributed by atoms with Gasteiger partial charge >= 0.3 is 31.1 Å². The molecule has 18 nitrogen and oxygen atoms in total. The van der Waals surface area contributed by atoms with Crippen LogP contribution in [0, 0.1) is 22.7 Å². The van der Waals surface area contributed by atoms with E-state index in [1.54, 1.807) is 30.5 Å². The quantitative estimate of drug-likeness (QED) is 0.0255. The van der Waals surface area contributed by atoms with Crippen LogP contribution in [0.25, 0.3) is 5.70 Å². The number of hydrogen-bond acceptors (Lipinski definition) is 14. The Kier molecular flexibility index (Phi) is 21.2. The lowest BCUT2D eigenvalue weighted by atomic mass is 9.82. The minimum Gasteiger partial charge on any atom is -0.453 e.